The van der Waals surface area contributed by atoms with Crippen LogP contribution in [0.5, 0.6) is 5.75 Å². The van der Waals surface area contributed by atoms with E-state index in [9.17, 15) is 0 Å². The average Bonchev–Trinajstić information content (AvgIpc) is 2.41. The highest BCUT2D eigenvalue weighted by Crippen LogP contribution is 2.32. The molecular weight excluding hydrogens is 234 g/mol. The Balaban J connectivity index is 2.41. The Labute approximate surface area is 115 Å². The summed E-state index contributed by atoms with van der Waals surface area (Å²) in [7, 11) is 1.97. The summed E-state index contributed by atoms with van der Waals surface area (Å²) in [6, 6.07) is 14.8. The third kappa shape index (κ3) is 3.15. The number of nitrogens with one attached hydrogen (secondary N) is 1. The highest BCUT2D eigenvalue weighted by Gasteiger charge is 2.08. The zero-order chi connectivity index (χ0) is 13.7. The zero-order valence-electron chi connectivity index (χ0n) is 11.9. The number of hydrogen-bond acceptors (Lipinski definition) is 2. The lowest BCUT2D eigenvalue weighted by Crippen LogP contribution is -2.05. The van der Waals surface area contributed by atoms with Gasteiger partial charge in [-0.2, -0.15) is 0 Å². The predicted octanol–water partition coefficient (Wildman–Crippen LogP) is 3.78. The van der Waals surface area contributed by atoms with Crippen LogP contribution in [-0.2, 0) is 6.54 Å². The van der Waals surface area contributed by atoms with Crippen LogP contribution in [-0.4, -0.2) is 13.7 Å². The van der Waals surface area contributed by atoms with Crippen LogP contribution >= 0.6 is 0 Å². The summed E-state index contributed by atoms with van der Waals surface area (Å²) in [4.78, 5) is 0. The van der Waals surface area contributed by atoms with E-state index < -0.39 is 0 Å². The molecule has 0 bridgehead atoms. The van der Waals surface area contributed by atoms with E-state index in [0.29, 0.717) is 6.61 Å². The van der Waals surface area contributed by atoms with Gasteiger partial charge in [0.15, 0.2) is 0 Å². The monoisotopic (exact) mass is 255 g/mol. The lowest BCUT2D eigenvalue weighted by Gasteiger charge is -2.13. The summed E-state index contributed by atoms with van der Waals surface area (Å²) in [5.41, 5.74) is 4.99. The molecule has 2 rings (SSSR count). The van der Waals surface area contributed by atoms with Gasteiger partial charge in [-0.1, -0.05) is 36.4 Å². The molecule has 2 aromatic carbocycles. The van der Waals surface area contributed by atoms with Crippen molar-refractivity contribution in [2.75, 3.05) is 13.7 Å². The molecule has 19 heavy (non-hydrogen) atoms. The van der Waals surface area contributed by atoms with Crippen molar-refractivity contribution < 1.29 is 4.74 Å². The molecule has 100 valence electrons. The van der Waals surface area contributed by atoms with E-state index in [-0.39, 0.29) is 0 Å². The standard InChI is InChI=1S/C17H21NO/c1-4-19-17-8-6-5-7-16(17)15-10-9-14(12-18-3)11-13(15)2/h5-11,18H,4,12H2,1-3H3. The molecule has 0 saturated heterocycles. The van der Waals surface area contributed by atoms with Gasteiger partial charge in [-0.15, -0.1) is 0 Å². The molecule has 0 heterocycles. The molecule has 0 aliphatic rings. The number of rotatable bonds is 5. The second-order valence-electron chi connectivity index (χ2n) is 4.61. The van der Waals surface area contributed by atoms with Crippen molar-refractivity contribution in [1.82, 2.24) is 5.32 Å². The third-order valence-electron chi connectivity index (χ3n) is 3.15. The summed E-state index contributed by atoms with van der Waals surface area (Å²) in [5.74, 6) is 0.953. The molecule has 0 radical (unpaired) electrons. The Morgan fingerprint density at radius 3 is 2.53 bits per heavy atom. The van der Waals surface area contributed by atoms with E-state index in [1.54, 1.807) is 0 Å². The van der Waals surface area contributed by atoms with Crippen LogP contribution in [0.4, 0.5) is 0 Å². The van der Waals surface area contributed by atoms with Gasteiger partial charge in [0.25, 0.3) is 0 Å². The fourth-order valence-electron chi connectivity index (χ4n) is 2.31. The first-order valence-corrected chi connectivity index (χ1v) is 6.72. The molecule has 2 aromatic rings. The first kappa shape index (κ1) is 13.6. The van der Waals surface area contributed by atoms with Gasteiger partial charge in [0.05, 0.1) is 6.61 Å². The molecule has 2 heteroatoms. The van der Waals surface area contributed by atoms with Gasteiger partial charge in [-0.05, 0) is 43.7 Å². The third-order valence-corrected chi connectivity index (χ3v) is 3.15. The van der Waals surface area contributed by atoms with Gasteiger partial charge < -0.3 is 10.1 Å². The predicted molar refractivity (Wildman–Crippen MR) is 80.5 cm³/mol. The molecule has 0 amide bonds. The lowest BCUT2D eigenvalue weighted by molar-refractivity contribution is 0.341. The van der Waals surface area contributed by atoms with Crippen molar-refractivity contribution in [2.45, 2.75) is 20.4 Å². The van der Waals surface area contributed by atoms with E-state index in [2.05, 4.69) is 42.6 Å². The van der Waals surface area contributed by atoms with Crippen LogP contribution in [0.2, 0.25) is 0 Å². The van der Waals surface area contributed by atoms with E-state index >= 15 is 0 Å². The number of ether oxygens (including phenoxy) is 1. The lowest BCUT2D eigenvalue weighted by atomic mass is 9.97. The first-order chi connectivity index (χ1) is 9.26. The quantitative estimate of drug-likeness (QED) is 0.878. The van der Waals surface area contributed by atoms with Crippen molar-refractivity contribution in [3.8, 4) is 16.9 Å². The molecule has 0 aliphatic carbocycles. The van der Waals surface area contributed by atoms with Gasteiger partial charge in [-0.3, -0.25) is 0 Å². The van der Waals surface area contributed by atoms with Crippen molar-refractivity contribution >= 4 is 0 Å². The van der Waals surface area contributed by atoms with Crippen LogP contribution in [0.15, 0.2) is 42.5 Å². The molecular formula is C17H21NO. The van der Waals surface area contributed by atoms with Crippen molar-refractivity contribution in [1.29, 1.82) is 0 Å². The summed E-state index contributed by atoms with van der Waals surface area (Å²) >= 11 is 0. The highest BCUT2D eigenvalue weighted by molar-refractivity contribution is 5.73. The molecule has 1 N–H and O–H groups in total. The maximum Gasteiger partial charge on any atom is 0.127 e. The molecule has 0 atom stereocenters. The van der Waals surface area contributed by atoms with Crippen LogP contribution in [0.25, 0.3) is 11.1 Å². The summed E-state index contributed by atoms with van der Waals surface area (Å²) < 4.78 is 5.71. The summed E-state index contributed by atoms with van der Waals surface area (Å²) in [6.45, 7) is 5.75. The molecule has 0 unspecified atom stereocenters. The zero-order valence-corrected chi connectivity index (χ0v) is 11.9. The van der Waals surface area contributed by atoms with Crippen LogP contribution < -0.4 is 10.1 Å². The van der Waals surface area contributed by atoms with E-state index in [0.717, 1.165) is 17.9 Å². The van der Waals surface area contributed by atoms with Crippen molar-refractivity contribution in [3.05, 3.63) is 53.6 Å². The largest absolute Gasteiger partial charge is 0.493 e. The minimum atomic E-state index is 0.688. The number of aryl methyl sites for hydroxylation is 1. The topological polar surface area (TPSA) is 21.3 Å². The number of hydrogen-bond donors (Lipinski definition) is 1. The Morgan fingerprint density at radius 2 is 1.84 bits per heavy atom. The second-order valence-corrected chi connectivity index (χ2v) is 4.61. The maximum absolute atomic E-state index is 5.71. The Kier molecular flexibility index (Phi) is 4.58. The minimum absolute atomic E-state index is 0.688. The van der Waals surface area contributed by atoms with Gasteiger partial charge >= 0.3 is 0 Å². The van der Waals surface area contributed by atoms with Crippen molar-refractivity contribution in [3.63, 3.8) is 0 Å². The second kappa shape index (κ2) is 6.39. The summed E-state index contributed by atoms with van der Waals surface area (Å²) in [6.07, 6.45) is 0. The van der Waals surface area contributed by atoms with Gasteiger partial charge in [0.1, 0.15) is 5.75 Å². The maximum atomic E-state index is 5.71. The van der Waals surface area contributed by atoms with E-state index in [1.807, 2.05) is 26.1 Å². The minimum Gasteiger partial charge on any atom is -0.493 e. The first-order valence-electron chi connectivity index (χ1n) is 6.72. The molecule has 0 aromatic heterocycles. The van der Waals surface area contributed by atoms with Crippen LogP contribution in [0.1, 0.15) is 18.1 Å². The summed E-state index contributed by atoms with van der Waals surface area (Å²) in [5, 5.41) is 3.18. The Bertz CT molecular complexity index is 549. The molecule has 2 nitrogen and oxygen atoms in total. The van der Waals surface area contributed by atoms with Gasteiger partial charge in [0, 0.05) is 12.1 Å². The normalized spacial score (nSPS) is 10.5. The van der Waals surface area contributed by atoms with Crippen LogP contribution in [0, 0.1) is 6.92 Å². The smallest absolute Gasteiger partial charge is 0.127 e. The number of para-hydroxylation sites is 1. The van der Waals surface area contributed by atoms with Gasteiger partial charge in [0.2, 0.25) is 0 Å². The number of benzene rings is 2. The SMILES string of the molecule is CCOc1ccccc1-c1ccc(CNC)cc1C. The highest BCUT2D eigenvalue weighted by atomic mass is 16.5. The Hall–Kier alpha value is -1.80. The van der Waals surface area contributed by atoms with E-state index in [4.69, 9.17) is 4.74 Å². The fourth-order valence-corrected chi connectivity index (χ4v) is 2.31. The Morgan fingerprint density at radius 1 is 1.05 bits per heavy atom. The average molecular weight is 255 g/mol. The molecule has 0 saturated carbocycles. The molecule has 0 aliphatic heterocycles. The van der Waals surface area contributed by atoms with E-state index in [1.165, 1.54) is 16.7 Å². The fraction of sp³-hybridized carbons (Fsp3) is 0.294. The molecule has 0 fully saturated rings. The van der Waals surface area contributed by atoms with Gasteiger partial charge in [-0.25, -0.2) is 0 Å². The van der Waals surface area contributed by atoms with Crippen LogP contribution in [0.3, 0.4) is 0 Å². The molecule has 0 spiro atoms. The van der Waals surface area contributed by atoms with Crippen molar-refractivity contribution in [2.24, 2.45) is 0 Å².